The van der Waals surface area contributed by atoms with Crippen molar-refractivity contribution < 1.29 is 4.79 Å². The van der Waals surface area contributed by atoms with Gasteiger partial charge in [-0.05, 0) is 31.0 Å². The van der Waals surface area contributed by atoms with Crippen LogP contribution in [0.3, 0.4) is 0 Å². The van der Waals surface area contributed by atoms with E-state index in [1.807, 2.05) is 35.2 Å². The predicted molar refractivity (Wildman–Crippen MR) is 110 cm³/mol. The lowest BCUT2D eigenvalue weighted by atomic mass is 9.97. The number of carbonyl (C=O) groups excluding carboxylic acids is 1. The van der Waals surface area contributed by atoms with E-state index in [0.29, 0.717) is 29.8 Å². The number of hydrogen-bond donors (Lipinski definition) is 0. The Kier molecular flexibility index (Phi) is 5.75. The van der Waals surface area contributed by atoms with Crippen LogP contribution in [0, 0.1) is 0 Å². The minimum Gasteiger partial charge on any atom is -0.341 e. The fraction of sp³-hybridized carbons (Fsp3) is 0.350. The third-order valence-corrected chi connectivity index (χ3v) is 5.83. The van der Waals surface area contributed by atoms with Gasteiger partial charge in [-0.1, -0.05) is 30.0 Å². The van der Waals surface area contributed by atoms with Crippen LogP contribution in [0.4, 0.5) is 0 Å². The van der Waals surface area contributed by atoms with Crippen LogP contribution in [-0.2, 0) is 11.8 Å². The van der Waals surface area contributed by atoms with Gasteiger partial charge in [-0.3, -0.25) is 4.79 Å². The quantitative estimate of drug-likeness (QED) is 0.471. The summed E-state index contributed by atoms with van der Waals surface area (Å²) in [7, 11) is 1.66. The van der Waals surface area contributed by atoms with E-state index < -0.39 is 0 Å². The highest BCUT2D eigenvalue weighted by Crippen LogP contribution is 2.27. The highest BCUT2D eigenvalue weighted by molar-refractivity contribution is 7.99. The van der Waals surface area contributed by atoms with E-state index in [9.17, 15) is 9.59 Å². The van der Waals surface area contributed by atoms with Gasteiger partial charge in [0.1, 0.15) is 5.82 Å². The molecule has 0 N–H and O–H groups in total. The Morgan fingerprint density at radius 2 is 1.93 bits per heavy atom. The molecule has 8 nitrogen and oxygen atoms in total. The molecule has 1 saturated heterocycles. The number of para-hydroxylation sites is 1. The van der Waals surface area contributed by atoms with Crippen LogP contribution in [0.25, 0.3) is 5.69 Å². The van der Waals surface area contributed by atoms with E-state index in [1.54, 1.807) is 30.1 Å². The number of piperidine rings is 1. The first-order valence-electron chi connectivity index (χ1n) is 9.52. The summed E-state index contributed by atoms with van der Waals surface area (Å²) in [6.45, 7) is 1.27. The summed E-state index contributed by atoms with van der Waals surface area (Å²) in [4.78, 5) is 35.6. The van der Waals surface area contributed by atoms with Crippen molar-refractivity contribution in [3.8, 4) is 5.69 Å². The fourth-order valence-electron chi connectivity index (χ4n) is 3.56. The van der Waals surface area contributed by atoms with Crippen LogP contribution < -0.4 is 5.69 Å². The topological polar surface area (TPSA) is 85.9 Å². The molecule has 9 heteroatoms. The molecular weight excluding hydrogens is 388 g/mol. The van der Waals surface area contributed by atoms with Gasteiger partial charge in [0.25, 0.3) is 0 Å². The number of likely N-dealkylation sites (tertiary alicyclic amines) is 1. The Labute approximate surface area is 172 Å². The second-order valence-corrected chi connectivity index (χ2v) is 7.88. The van der Waals surface area contributed by atoms with Crippen molar-refractivity contribution in [1.29, 1.82) is 0 Å². The molecular formula is C20H22N6O2S. The summed E-state index contributed by atoms with van der Waals surface area (Å²) >= 11 is 1.34. The van der Waals surface area contributed by atoms with E-state index in [1.165, 1.54) is 16.4 Å². The molecule has 1 aliphatic rings. The molecule has 1 aliphatic heterocycles. The minimum absolute atomic E-state index is 0.0137. The Balaban J connectivity index is 1.51. The summed E-state index contributed by atoms with van der Waals surface area (Å²) in [6.07, 6.45) is 5.10. The molecule has 1 amide bonds. The zero-order chi connectivity index (χ0) is 20.2. The molecule has 1 aromatic carbocycles. The summed E-state index contributed by atoms with van der Waals surface area (Å²) in [5, 5.41) is 5.10. The van der Waals surface area contributed by atoms with E-state index in [-0.39, 0.29) is 17.5 Å². The van der Waals surface area contributed by atoms with Crippen LogP contribution in [0.15, 0.2) is 58.7 Å². The standard InChI is InChI=1S/C20H22N6O2S/c1-24-20(28)26(16-8-3-2-4-9-16)18(23-24)15-7-5-12-25(13-15)17(27)14-29-19-21-10-6-11-22-19/h2-4,6,8-11,15H,5,7,12-14H2,1H3. The molecule has 4 rings (SSSR count). The van der Waals surface area contributed by atoms with Crippen molar-refractivity contribution >= 4 is 17.7 Å². The first-order valence-corrected chi connectivity index (χ1v) is 10.5. The van der Waals surface area contributed by atoms with Crippen molar-refractivity contribution in [3.63, 3.8) is 0 Å². The molecule has 0 saturated carbocycles. The second kappa shape index (κ2) is 8.60. The monoisotopic (exact) mass is 410 g/mol. The van der Waals surface area contributed by atoms with Crippen LogP contribution in [0.2, 0.25) is 0 Å². The molecule has 1 fully saturated rings. The van der Waals surface area contributed by atoms with E-state index in [2.05, 4.69) is 15.1 Å². The predicted octanol–water partition coefficient (Wildman–Crippen LogP) is 1.86. The second-order valence-electron chi connectivity index (χ2n) is 6.93. The number of amides is 1. The Bertz CT molecular complexity index is 1030. The Morgan fingerprint density at radius 1 is 1.17 bits per heavy atom. The van der Waals surface area contributed by atoms with Gasteiger partial charge in [0.05, 0.1) is 11.4 Å². The maximum atomic E-state index is 12.7. The third-order valence-electron chi connectivity index (χ3n) is 4.97. The average Bonchev–Trinajstić information content (AvgIpc) is 3.08. The maximum absolute atomic E-state index is 12.7. The molecule has 1 atom stereocenters. The van der Waals surface area contributed by atoms with Crippen molar-refractivity contribution in [2.75, 3.05) is 18.8 Å². The summed E-state index contributed by atoms with van der Waals surface area (Å²) in [6, 6.07) is 11.3. The van der Waals surface area contributed by atoms with Crippen LogP contribution in [0.1, 0.15) is 24.6 Å². The average molecular weight is 411 g/mol. The number of thioether (sulfide) groups is 1. The minimum atomic E-state index is -0.175. The lowest BCUT2D eigenvalue weighted by Crippen LogP contribution is -2.41. The molecule has 29 heavy (non-hydrogen) atoms. The molecule has 3 aromatic rings. The smallest absolute Gasteiger partial charge is 0.341 e. The van der Waals surface area contributed by atoms with E-state index >= 15 is 0 Å². The van der Waals surface area contributed by atoms with E-state index in [0.717, 1.165) is 18.5 Å². The van der Waals surface area contributed by atoms with Gasteiger partial charge in [0.2, 0.25) is 5.91 Å². The van der Waals surface area contributed by atoms with E-state index in [4.69, 9.17) is 0 Å². The number of benzene rings is 1. The van der Waals surface area contributed by atoms with Crippen LogP contribution in [-0.4, -0.2) is 54.0 Å². The normalized spacial score (nSPS) is 16.7. The van der Waals surface area contributed by atoms with Gasteiger partial charge in [-0.15, -0.1) is 0 Å². The largest absolute Gasteiger partial charge is 0.350 e. The van der Waals surface area contributed by atoms with Crippen LogP contribution >= 0.6 is 11.8 Å². The number of aryl methyl sites for hydroxylation is 1. The lowest BCUT2D eigenvalue weighted by molar-refractivity contribution is -0.129. The van der Waals surface area contributed by atoms with Gasteiger partial charge in [-0.25, -0.2) is 24.0 Å². The summed E-state index contributed by atoms with van der Waals surface area (Å²) in [5.74, 6) is 1.07. The Hall–Kier alpha value is -2.94. The molecule has 0 aliphatic carbocycles. The highest BCUT2D eigenvalue weighted by atomic mass is 32.2. The number of aromatic nitrogens is 5. The van der Waals surface area contributed by atoms with Gasteiger partial charge >= 0.3 is 5.69 Å². The maximum Gasteiger partial charge on any atom is 0.350 e. The molecule has 1 unspecified atom stereocenters. The molecule has 0 radical (unpaired) electrons. The van der Waals surface area contributed by atoms with Crippen molar-refractivity contribution in [3.05, 3.63) is 65.1 Å². The molecule has 0 bridgehead atoms. The van der Waals surface area contributed by atoms with Crippen LogP contribution in [0.5, 0.6) is 0 Å². The summed E-state index contributed by atoms with van der Waals surface area (Å²) < 4.78 is 3.02. The van der Waals surface area contributed by atoms with Crippen molar-refractivity contribution in [1.82, 2.24) is 29.2 Å². The molecule has 3 heterocycles. The third kappa shape index (κ3) is 4.24. The van der Waals surface area contributed by atoms with Crippen molar-refractivity contribution in [2.24, 2.45) is 7.05 Å². The van der Waals surface area contributed by atoms with Gasteiger partial charge in [0.15, 0.2) is 5.16 Å². The molecule has 2 aromatic heterocycles. The molecule has 0 spiro atoms. The number of hydrogen-bond acceptors (Lipinski definition) is 6. The lowest BCUT2D eigenvalue weighted by Gasteiger charge is -2.32. The summed E-state index contributed by atoms with van der Waals surface area (Å²) in [5.41, 5.74) is 0.618. The highest BCUT2D eigenvalue weighted by Gasteiger charge is 2.29. The SMILES string of the molecule is Cn1nc(C2CCCN(C(=O)CSc3ncccn3)C2)n(-c2ccccc2)c1=O. The zero-order valence-electron chi connectivity index (χ0n) is 16.1. The fourth-order valence-corrected chi connectivity index (χ4v) is 4.27. The molecule has 150 valence electrons. The number of nitrogens with zero attached hydrogens (tertiary/aromatic N) is 6. The van der Waals surface area contributed by atoms with Gasteiger partial charge in [-0.2, -0.15) is 5.10 Å². The number of carbonyl (C=O) groups is 1. The Morgan fingerprint density at radius 3 is 2.69 bits per heavy atom. The van der Waals surface area contributed by atoms with Gasteiger partial charge in [0, 0.05) is 38.4 Å². The zero-order valence-corrected chi connectivity index (χ0v) is 17.0. The van der Waals surface area contributed by atoms with Gasteiger partial charge < -0.3 is 4.90 Å². The first kappa shape index (κ1) is 19.4. The number of rotatable bonds is 5. The van der Waals surface area contributed by atoms with Crippen molar-refractivity contribution in [2.45, 2.75) is 23.9 Å². The first-order chi connectivity index (χ1) is 14.1.